The van der Waals surface area contributed by atoms with Crippen molar-refractivity contribution in [3.05, 3.63) is 52.5 Å². The zero-order valence-electron chi connectivity index (χ0n) is 10.3. The molecule has 1 N–H and O–H groups in total. The molecule has 19 heavy (non-hydrogen) atoms. The van der Waals surface area contributed by atoms with Crippen LogP contribution in [0.15, 0.2) is 41.3 Å². The van der Waals surface area contributed by atoms with Crippen LogP contribution >= 0.6 is 15.9 Å². The van der Waals surface area contributed by atoms with Crippen LogP contribution in [0.3, 0.4) is 0 Å². The molecule has 1 fully saturated rings. The lowest BCUT2D eigenvalue weighted by Gasteiger charge is -2.24. The standard InChI is InChI=1S/C14H14BrN3O/c15-13-10(4-1-8-17-13)14(19)18-9-3-6-12(18)11-5-2-7-16-11/h1-2,4-5,7-8,12,16H,3,6,9H2. The molecule has 5 heteroatoms. The maximum absolute atomic E-state index is 12.6. The summed E-state index contributed by atoms with van der Waals surface area (Å²) in [6.45, 7) is 0.795. The molecule has 1 saturated heterocycles. The van der Waals surface area contributed by atoms with Gasteiger partial charge >= 0.3 is 0 Å². The first kappa shape index (κ1) is 12.4. The molecule has 0 saturated carbocycles. The fraction of sp³-hybridized carbons (Fsp3) is 0.286. The lowest BCUT2D eigenvalue weighted by atomic mass is 10.1. The third-order valence-corrected chi connectivity index (χ3v) is 4.12. The number of aromatic nitrogens is 2. The summed E-state index contributed by atoms with van der Waals surface area (Å²) in [6.07, 6.45) is 5.61. The van der Waals surface area contributed by atoms with E-state index in [0.717, 1.165) is 25.1 Å². The van der Waals surface area contributed by atoms with E-state index in [9.17, 15) is 4.79 Å². The number of likely N-dealkylation sites (tertiary alicyclic amines) is 1. The van der Waals surface area contributed by atoms with Crippen LogP contribution in [0.5, 0.6) is 0 Å². The Morgan fingerprint density at radius 3 is 3.05 bits per heavy atom. The van der Waals surface area contributed by atoms with Crippen LogP contribution in [0.1, 0.15) is 34.9 Å². The molecule has 0 aliphatic carbocycles. The molecule has 2 aromatic heterocycles. The molecule has 98 valence electrons. The molecule has 0 radical (unpaired) electrons. The molecule has 2 aromatic rings. The highest BCUT2D eigenvalue weighted by Crippen LogP contribution is 2.32. The molecule has 3 heterocycles. The Morgan fingerprint density at radius 1 is 1.42 bits per heavy atom. The van der Waals surface area contributed by atoms with Gasteiger partial charge in [-0.1, -0.05) is 0 Å². The summed E-state index contributed by atoms with van der Waals surface area (Å²) in [5, 5.41) is 0. The maximum Gasteiger partial charge on any atom is 0.257 e. The van der Waals surface area contributed by atoms with E-state index >= 15 is 0 Å². The van der Waals surface area contributed by atoms with Gasteiger partial charge in [0.25, 0.3) is 5.91 Å². The Hall–Kier alpha value is -1.62. The molecule has 0 aromatic carbocycles. The highest BCUT2D eigenvalue weighted by Gasteiger charge is 2.31. The Kier molecular flexibility index (Phi) is 3.38. The minimum Gasteiger partial charge on any atom is -0.363 e. The van der Waals surface area contributed by atoms with Gasteiger partial charge in [0, 0.05) is 24.6 Å². The average Bonchev–Trinajstić information content (AvgIpc) is 3.09. The van der Waals surface area contributed by atoms with Gasteiger partial charge in [0.05, 0.1) is 11.6 Å². The number of hydrogen-bond donors (Lipinski definition) is 1. The van der Waals surface area contributed by atoms with E-state index in [0.29, 0.717) is 10.2 Å². The SMILES string of the molecule is O=C(c1cccnc1Br)N1CCCC1c1ccc[nH]1. The molecule has 1 amide bonds. The first-order chi connectivity index (χ1) is 9.27. The normalized spacial score (nSPS) is 18.8. The molecule has 4 nitrogen and oxygen atoms in total. The van der Waals surface area contributed by atoms with Crippen LogP contribution in [0.4, 0.5) is 0 Å². The molecule has 1 aliphatic heterocycles. The zero-order valence-corrected chi connectivity index (χ0v) is 11.9. The van der Waals surface area contributed by atoms with Gasteiger partial charge in [0.15, 0.2) is 0 Å². The molecule has 0 spiro atoms. The number of rotatable bonds is 2. The monoisotopic (exact) mass is 319 g/mol. The Morgan fingerprint density at radius 2 is 2.32 bits per heavy atom. The van der Waals surface area contributed by atoms with Gasteiger partial charge in [-0.05, 0) is 53.0 Å². The number of amides is 1. The topological polar surface area (TPSA) is 49.0 Å². The maximum atomic E-state index is 12.6. The van der Waals surface area contributed by atoms with Gasteiger partial charge < -0.3 is 9.88 Å². The quantitative estimate of drug-likeness (QED) is 0.864. The highest BCUT2D eigenvalue weighted by molar-refractivity contribution is 9.10. The van der Waals surface area contributed by atoms with Crippen LogP contribution in [-0.4, -0.2) is 27.3 Å². The first-order valence-corrected chi connectivity index (χ1v) is 7.11. The van der Waals surface area contributed by atoms with Crippen LogP contribution in [0.25, 0.3) is 0 Å². The van der Waals surface area contributed by atoms with E-state index in [-0.39, 0.29) is 11.9 Å². The number of nitrogens with zero attached hydrogens (tertiary/aromatic N) is 2. The van der Waals surface area contributed by atoms with E-state index in [2.05, 4.69) is 25.9 Å². The predicted molar refractivity (Wildman–Crippen MR) is 75.7 cm³/mol. The van der Waals surface area contributed by atoms with Crippen LogP contribution < -0.4 is 0 Å². The van der Waals surface area contributed by atoms with Gasteiger partial charge in [-0.25, -0.2) is 4.98 Å². The van der Waals surface area contributed by atoms with E-state index in [1.165, 1.54) is 0 Å². The molecule has 1 aliphatic rings. The highest BCUT2D eigenvalue weighted by atomic mass is 79.9. The molecule has 3 rings (SSSR count). The Labute approximate surface area is 120 Å². The summed E-state index contributed by atoms with van der Waals surface area (Å²) in [7, 11) is 0. The number of H-pyrrole nitrogens is 1. The molecule has 1 atom stereocenters. The minimum atomic E-state index is 0.0390. The number of hydrogen-bond acceptors (Lipinski definition) is 2. The van der Waals surface area contributed by atoms with Gasteiger partial charge in [-0.2, -0.15) is 0 Å². The van der Waals surface area contributed by atoms with Crippen molar-refractivity contribution in [3.63, 3.8) is 0 Å². The second kappa shape index (κ2) is 5.17. The molecule has 0 bridgehead atoms. The molecule has 1 unspecified atom stereocenters. The predicted octanol–water partition coefficient (Wildman–Crippen LogP) is 3.15. The van der Waals surface area contributed by atoms with Crippen LogP contribution in [-0.2, 0) is 0 Å². The van der Waals surface area contributed by atoms with Gasteiger partial charge in [-0.3, -0.25) is 4.79 Å². The van der Waals surface area contributed by atoms with Crippen LogP contribution in [0, 0.1) is 0 Å². The van der Waals surface area contributed by atoms with Crippen molar-refractivity contribution in [3.8, 4) is 0 Å². The van der Waals surface area contributed by atoms with Crippen molar-refractivity contribution in [1.29, 1.82) is 0 Å². The van der Waals surface area contributed by atoms with Crippen molar-refractivity contribution in [1.82, 2.24) is 14.9 Å². The summed E-state index contributed by atoms with van der Waals surface area (Å²) in [5.74, 6) is 0.0390. The lowest BCUT2D eigenvalue weighted by Crippen LogP contribution is -2.31. The van der Waals surface area contributed by atoms with E-state index in [4.69, 9.17) is 0 Å². The van der Waals surface area contributed by atoms with Gasteiger partial charge in [0.2, 0.25) is 0 Å². The largest absolute Gasteiger partial charge is 0.363 e. The van der Waals surface area contributed by atoms with E-state index in [1.807, 2.05) is 29.3 Å². The zero-order chi connectivity index (χ0) is 13.2. The first-order valence-electron chi connectivity index (χ1n) is 6.32. The van der Waals surface area contributed by atoms with Gasteiger partial charge in [0.1, 0.15) is 4.60 Å². The van der Waals surface area contributed by atoms with Crippen molar-refractivity contribution in [2.24, 2.45) is 0 Å². The summed E-state index contributed by atoms with van der Waals surface area (Å²) in [5.41, 5.74) is 1.73. The van der Waals surface area contributed by atoms with Gasteiger partial charge in [-0.15, -0.1) is 0 Å². The third-order valence-electron chi connectivity index (χ3n) is 3.48. The number of aromatic amines is 1. The number of halogens is 1. The van der Waals surface area contributed by atoms with Crippen molar-refractivity contribution in [2.45, 2.75) is 18.9 Å². The average molecular weight is 320 g/mol. The van der Waals surface area contributed by atoms with Crippen LogP contribution in [0.2, 0.25) is 0 Å². The van der Waals surface area contributed by atoms with Crippen molar-refractivity contribution < 1.29 is 4.79 Å². The smallest absolute Gasteiger partial charge is 0.257 e. The number of pyridine rings is 1. The summed E-state index contributed by atoms with van der Waals surface area (Å²) in [6, 6.07) is 7.75. The minimum absolute atomic E-state index is 0.0390. The third kappa shape index (κ3) is 2.30. The summed E-state index contributed by atoms with van der Waals surface area (Å²) >= 11 is 3.35. The molecular weight excluding hydrogens is 306 g/mol. The molecular formula is C14H14BrN3O. The Balaban J connectivity index is 1.89. The van der Waals surface area contributed by atoms with E-state index < -0.39 is 0 Å². The van der Waals surface area contributed by atoms with E-state index in [1.54, 1.807) is 12.3 Å². The number of carbonyl (C=O) groups is 1. The fourth-order valence-electron chi connectivity index (χ4n) is 2.58. The summed E-state index contributed by atoms with van der Waals surface area (Å²) < 4.78 is 0.608. The Bertz CT molecular complexity index is 582. The second-order valence-electron chi connectivity index (χ2n) is 4.62. The van der Waals surface area contributed by atoms with Crippen molar-refractivity contribution in [2.75, 3.05) is 6.54 Å². The van der Waals surface area contributed by atoms with Crippen molar-refractivity contribution >= 4 is 21.8 Å². The lowest BCUT2D eigenvalue weighted by molar-refractivity contribution is 0.0732. The number of carbonyl (C=O) groups excluding carboxylic acids is 1. The summed E-state index contributed by atoms with van der Waals surface area (Å²) in [4.78, 5) is 21.9. The second-order valence-corrected chi connectivity index (χ2v) is 5.37. The fourth-order valence-corrected chi connectivity index (χ4v) is 3.00. The number of nitrogens with one attached hydrogen (secondary N) is 1.